The smallest absolute Gasteiger partial charge is 0.475 e. The van der Waals surface area contributed by atoms with Crippen LogP contribution in [0.2, 0.25) is 0 Å². The Morgan fingerprint density at radius 1 is 0.516 bits per heavy atom. The van der Waals surface area contributed by atoms with Crippen LogP contribution in [0, 0.1) is 0 Å². The number of pyridine rings is 2. The fourth-order valence-corrected chi connectivity index (χ4v) is 11.7. The van der Waals surface area contributed by atoms with Crippen molar-refractivity contribution in [1.29, 1.82) is 0 Å². The van der Waals surface area contributed by atoms with E-state index in [0.717, 1.165) is 71.2 Å². The topological polar surface area (TPSA) is 257 Å². The highest BCUT2D eigenvalue weighted by Crippen LogP contribution is 2.36. The molecule has 0 aliphatic carbocycles. The van der Waals surface area contributed by atoms with Crippen molar-refractivity contribution in [3.8, 4) is 57.2 Å². The number of nitrogens with zero attached hydrogens (tertiary/aromatic N) is 8. The van der Waals surface area contributed by atoms with Crippen LogP contribution in [0.4, 0.5) is 13.2 Å². The second-order valence-electron chi connectivity index (χ2n) is 22.2. The summed E-state index contributed by atoms with van der Waals surface area (Å²) in [6, 6.07) is 33.5. The summed E-state index contributed by atoms with van der Waals surface area (Å²) in [6.07, 6.45) is 10.8. The Kier molecular flexibility index (Phi) is 20.2. The van der Waals surface area contributed by atoms with Crippen LogP contribution in [0.15, 0.2) is 136 Å². The molecule has 3 atom stereocenters. The highest BCUT2D eigenvalue weighted by molar-refractivity contribution is 7.88. The van der Waals surface area contributed by atoms with Gasteiger partial charge in [0.25, 0.3) is 0 Å². The van der Waals surface area contributed by atoms with Crippen molar-refractivity contribution >= 4 is 22.3 Å². The average molecular weight is 1300 g/mol. The molecule has 0 spiro atoms. The standard InChI is InChI=1S/C24H25N3O4.C24H23N3O4.C18H17F3N2O7S/c2*28-24-26-23(31-16-20-15-29-11-12-30-20)14-22-21-7-5-17(13-18(21)8-10-27(22)24)4-6-19-3-1-2-9-25-19;19-18(20,21)31(25,26)30-12-1-2-14-11(7-12)3-4-23-15(14)8-16(22-17(23)24)29-10-13-9-27-5-6-28-13/h1-3,5,7,9,13-14,20H,4,6,8,10-12,15-16H2;1-7,9,13-14,20H,8,10-12,15-16H2;1-2,7-8,13H,3-6,9-10H2/b;6-4+;. The van der Waals surface area contributed by atoms with Gasteiger partial charge in [-0.1, -0.05) is 54.6 Å². The van der Waals surface area contributed by atoms with Gasteiger partial charge < -0.3 is 46.8 Å². The fraction of sp³-hybridized carbons (Fsp3) is 0.364. The van der Waals surface area contributed by atoms with Gasteiger partial charge in [-0.2, -0.15) is 36.5 Å². The van der Waals surface area contributed by atoms with E-state index in [1.54, 1.807) is 15.3 Å². The molecule has 6 aliphatic heterocycles. The van der Waals surface area contributed by atoms with Gasteiger partial charge in [0.15, 0.2) is 0 Å². The molecule has 93 heavy (non-hydrogen) atoms. The Balaban J connectivity index is 0.000000134. The third-order valence-corrected chi connectivity index (χ3v) is 16.9. The molecule has 0 N–H and O–H groups in total. The molecule has 0 bridgehead atoms. The molecule has 3 unspecified atom stereocenters. The van der Waals surface area contributed by atoms with Crippen molar-refractivity contribution in [3.05, 3.63) is 192 Å². The zero-order valence-electron chi connectivity index (χ0n) is 50.3. The van der Waals surface area contributed by atoms with Crippen molar-refractivity contribution in [2.24, 2.45) is 0 Å². The molecule has 6 aliphatic rings. The lowest BCUT2D eigenvalue weighted by molar-refractivity contribution is -0.102. The van der Waals surface area contributed by atoms with Crippen molar-refractivity contribution < 1.29 is 68.4 Å². The molecule has 3 saturated heterocycles. The summed E-state index contributed by atoms with van der Waals surface area (Å²) >= 11 is 0. The van der Waals surface area contributed by atoms with Crippen LogP contribution >= 0.6 is 0 Å². The maximum Gasteiger partial charge on any atom is 0.534 e. The molecule has 0 saturated carbocycles. The summed E-state index contributed by atoms with van der Waals surface area (Å²) in [5.74, 6) is 0.250. The summed E-state index contributed by atoms with van der Waals surface area (Å²) < 4.78 is 119. The van der Waals surface area contributed by atoms with Crippen molar-refractivity contribution in [1.82, 2.24) is 38.6 Å². The quantitative estimate of drug-likeness (QED) is 0.0715. The van der Waals surface area contributed by atoms with Gasteiger partial charge in [0, 0.05) is 72.6 Å². The van der Waals surface area contributed by atoms with E-state index in [-0.39, 0.29) is 55.1 Å². The molecule has 27 heteroatoms. The largest absolute Gasteiger partial charge is 0.534 e. The van der Waals surface area contributed by atoms with Crippen LogP contribution in [0.25, 0.3) is 45.9 Å². The number of halogens is 3. The number of rotatable bonds is 16. The lowest BCUT2D eigenvalue weighted by Gasteiger charge is -2.24. The molecule has 3 fully saturated rings. The van der Waals surface area contributed by atoms with E-state index in [4.69, 9.17) is 42.6 Å². The van der Waals surface area contributed by atoms with Gasteiger partial charge >= 0.3 is 32.7 Å². The van der Waals surface area contributed by atoms with Crippen molar-refractivity contribution in [2.75, 3.05) is 79.3 Å². The normalized spacial score (nSPS) is 18.1. The Labute approximate surface area is 531 Å². The Morgan fingerprint density at radius 3 is 1.45 bits per heavy atom. The first-order chi connectivity index (χ1) is 45.2. The fourth-order valence-electron chi connectivity index (χ4n) is 11.3. The molecule has 8 aromatic rings. The molecule has 0 radical (unpaired) electrons. The Bertz CT molecular complexity index is 4270. The van der Waals surface area contributed by atoms with Crippen LogP contribution in [0.3, 0.4) is 0 Å². The first-order valence-electron chi connectivity index (χ1n) is 30.4. The predicted molar refractivity (Wildman–Crippen MR) is 331 cm³/mol. The van der Waals surface area contributed by atoms with Crippen molar-refractivity contribution in [2.45, 2.75) is 75.6 Å². The van der Waals surface area contributed by atoms with E-state index in [2.05, 4.69) is 71.6 Å². The molecular formula is C66H65F3N8O15S. The minimum atomic E-state index is -5.78. The highest BCUT2D eigenvalue weighted by atomic mass is 32.2. The monoisotopic (exact) mass is 1300 g/mol. The lowest BCUT2D eigenvalue weighted by Crippen LogP contribution is -2.34. The number of hydrogen-bond acceptors (Lipinski definition) is 20. The molecule has 3 aromatic carbocycles. The minimum absolute atomic E-state index is 0.0678. The van der Waals surface area contributed by atoms with Gasteiger partial charge in [-0.05, 0) is 108 Å². The summed E-state index contributed by atoms with van der Waals surface area (Å²) in [7, 11) is -5.78. The van der Waals surface area contributed by atoms with Gasteiger partial charge in [-0.15, -0.1) is 0 Å². The van der Waals surface area contributed by atoms with Gasteiger partial charge in [0.2, 0.25) is 17.6 Å². The molecule has 486 valence electrons. The summed E-state index contributed by atoms with van der Waals surface area (Å²) in [5.41, 5.74) is 5.46. The lowest BCUT2D eigenvalue weighted by atomic mass is 9.94. The Morgan fingerprint density at radius 2 is 0.989 bits per heavy atom. The van der Waals surface area contributed by atoms with Crippen LogP contribution in [0.5, 0.6) is 23.4 Å². The second-order valence-corrected chi connectivity index (χ2v) is 23.8. The first-order valence-corrected chi connectivity index (χ1v) is 31.8. The number of hydrogen-bond donors (Lipinski definition) is 0. The second kappa shape index (κ2) is 29.3. The molecule has 5 aromatic heterocycles. The molecule has 11 heterocycles. The maximum atomic E-state index is 12.6. The van der Waals surface area contributed by atoms with Crippen LogP contribution < -0.4 is 35.5 Å². The minimum Gasteiger partial charge on any atom is -0.475 e. The predicted octanol–water partition coefficient (Wildman–Crippen LogP) is 6.76. The van der Waals surface area contributed by atoms with E-state index < -0.39 is 27.1 Å². The number of benzene rings is 3. The van der Waals surface area contributed by atoms with Gasteiger partial charge in [-0.25, -0.2) is 14.4 Å². The molecular weight excluding hydrogens is 1230 g/mol. The zero-order chi connectivity index (χ0) is 64.3. The average Bonchev–Trinajstić information content (AvgIpc) is 0.806. The number of ether oxygens (including phenoxy) is 9. The van der Waals surface area contributed by atoms with Gasteiger partial charge in [0.05, 0.1) is 82.2 Å². The van der Waals surface area contributed by atoms with Crippen LogP contribution in [-0.2, 0) is 90.3 Å². The first kappa shape index (κ1) is 64.2. The van der Waals surface area contributed by atoms with E-state index in [1.165, 1.54) is 39.5 Å². The molecule has 14 rings (SSSR count). The SMILES string of the molecule is O=c1nc(OCC2COCCO2)cc2n1CCc1cc(/C=C/c3ccccn3)ccc1-2.O=c1nc(OCC2COCCO2)cc2n1CCc1cc(CCc3ccccn3)ccc1-2.O=c1nc(OCC2COCCO2)cc2n1CCc1cc(OS(=O)(=O)C(F)(F)F)ccc1-2. The van der Waals surface area contributed by atoms with E-state index >= 15 is 0 Å². The number of fused-ring (bicyclic) bond motifs is 9. The third kappa shape index (κ3) is 16.1. The molecule has 0 amide bonds. The van der Waals surface area contributed by atoms with E-state index in [0.29, 0.717) is 114 Å². The summed E-state index contributed by atoms with van der Waals surface area (Å²) in [5, 5.41) is 0. The summed E-state index contributed by atoms with van der Waals surface area (Å²) in [4.78, 5) is 58.4. The number of aryl methyl sites for hydroxylation is 5. The van der Waals surface area contributed by atoms with Crippen molar-refractivity contribution in [3.63, 3.8) is 0 Å². The zero-order valence-corrected chi connectivity index (χ0v) is 51.1. The van der Waals surface area contributed by atoms with Gasteiger partial charge in [-0.3, -0.25) is 23.7 Å². The Hall–Kier alpha value is -8.96. The van der Waals surface area contributed by atoms with Crippen LogP contribution in [-0.4, -0.2) is 150 Å². The number of aromatic nitrogens is 8. The third-order valence-electron chi connectivity index (χ3n) is 15.9. The van der Waals surface area contributed by atoms with E-state index in [1.807, 2.05) is 60.8 Å². The number of alkyl halides is 3. The highest BCUT2D eigenvalue weighted by Gasteiger charge is 2.48. The summed E-state index contributed by atoms with van der Waals surface area (Å²) in [6.45, 7) is 6.79. The maximum absolute atomic E-state index is 12.6. The van der Waals surface area contributed by atoms with Crippen LogP contribution in [0.1, 0.15) is 39.2 Å². The van der Waals surface area contributed by atoms with E-state index in [9.17, 15) is 36.0 Å². The molecule has 23 nitrogen and oxygen atoms in total. The van der Waals surface area contributed by atoms with Gasteiger partial charge in [0.1, 0.15) is 43.9 Å².